The maximum atomic E-state index is 12.0. The van der Waals surface area contributed by atoms with E-state index in [-0.39, 0.29) is 5.29 Å². The number of nitrogens with zero attached hydrogens (tertiary/aromatic N) is 1. The highest BCUT2D eigenvalue weighted by Crippen LogP contribution is 2.26. The lowest BCUT2D eigenvalue weighted by atomic mass is 10.4. The number of nitrogens with one attached hydrogen (secondary N) is 1. The molecule has 0 unspecified atom stereocenters. The number of amidine groups is 1. The minimum absolute atomic E-state index is 0.291. The van der Waals surface area contributed by atoms with Crippen LogP contribution in [-0.2, 0) is 0 Å². The molecule has 0 saturated carbocycles. The standard InChI is InChI=1S/C6H8ClF3N2/c1-3-4(6(8,9)10)12-5(7)11-2/h3H,1-2H3,(H,11,12)/b4-3-. The minimum atomic E-state index is -4.45. The molecule has 0 aromatic carbocycles. The van der Waals surface area contributed by atoms with Gasteiger partial charge in [-0.15, -0.1) is 0 Å². The van der Waals surface area contributed by atoms with Gasteiger partial charge in [-0.2, -0.15) is 13.2 Å². The third-order valence-corrected chi connectivity index (χ3v) is 1.26. The van der Waals surface area contributed by atoms with Crippen LogP contribution in [0.1, 0.15) is 6.92 Å². The second-order valence-corrected chi connectivity index (χ2v) is 2.18. The van der Waals surface area contributed by atoms with Crippen molar-refractivity contribution in [2.24, 2.45) is 4.99 Å². The molecule has 0 aliphatic heterocycles. The molecule has 0 saturated heterocycles. The molecule has 0 aromatic heterocycles. The van der Waals surface area contributed by atoms with Crippen molar-refractivity contribution in [2.75, 3.05) is 7.05 Å². The fourth-order valence-electron chi connectivity index (χ4n) is 0.453. The molecular formula is C6H8ClF3N2. The lowest BCUT2D eigenvalue weighted by Gasteiger charge is -2.06. The van der Waals surface area contributed by atoms with Crippen LogP contribution in [0.5, 0.6) is 0 Å². The quantitative estimate of drug-likeness (QED) is 0.392. The van der Waals surface area contributed by atoms with Gasteiger partial charge in [0.25, 0.3) is 0 Å². The van der Waals surface area contributed by atoms with E-state index in [4.69, 9.17) is 11.6 Å². The van der Waals surface area contributed by atoms with Gasteiger partial charge in [0.15, 0.2) is 5.29 Å². The van der Waals surface area contributed by atoms with Gasteiger partial charge in [-0.25, -0.2) is 4.99 Å². The molecule has 0 aliphatic carbocycles. The van der Waals surface area contributed by atoms with Gasteiger partial charge < -0.3 is 5.32 Å². The number of alkyl halides is 3. The molecule has 12 heavy (non-hydrogen) atoms. The third-order valence-electron chi connectivity index (χ3n) is 0.989. The summed E-state index contributed by atoms with van der Waals surface area (Å²) < 4.78 is 35.9. The summed E-state index contributed by atoms with van der Waals surface area (Å²) in [4.78, 5) is 3.09. The second kappa shape index (κ2) is 4.35. The Labute approximate surface area is 73.1 Å². The molecule has 6 heteroatoms. The van der Waals surface area contributed by atoms with Gasteiger partial charge in [-0.05, 0) is 18.5 Å². The summed E-state index contributed by atoms with van der Waals surface area (Å²) in [6, 6.07) is 0. The van der Waals surface area contributed by atoms with E-state index in [2.05, 4.69) is 10.3 Å². The highest BCUT2D eigenvalue weighted by atomic mass is 35.5. The van der Waals surface area contributed by atoms with E-state index in [1.165, 1.54) is 14.0 Å². The molecule has 0 fully saturated rings. The lowest BCUT2D eigenvalue weighted by molar-refractivity contribution is -0.0924. The van der Waals surface area contributed by atoms with Crippen LogP contribution in [0.15, 0.2) is 16.8 Å². The fraction of sp³-hybridized carbons (Fsp3) is 0.500. The Hall–Kier alpha value is -0.710. The van der Waals surface area contributed by atoms with Crippen LogP contribution in [0.2, 0.25) is 0 Å². The molecule has 2 nitrogen and oxygen atoms in total. The first-order valence-electron chi connectivity index (χ1n) is 3.07. The van der Waals surface area contributed by atoms with E-state index < -0.39 is 11.9 Å². The van der Waals surface area contributed by atoms with Crippen LogP contribution < -0.4 is 5.32 Å². The summed E-state index contributed by atoms with van der Waals surface area (Å²) >= 11 is 5.24. The smallest absolute Gasteiger partial charge is 0.363 e. The molecule has 0 bridgehead atoms. The second-order valence-electron chi connectivity index (χ2n) is 1.82. The van der Waals surface area contributed by atoms with Crippen LogP contribution in [0.4, 0.5) is 13.2 Å². The van der Waals surface area contributed by atoms with E-state index in [9.17, 15) is 13.2 Å². The summed E-state index contributed by atoms with van der Waals surface area (Å²) in [5.74, 6) is 0. The molecule has 0 amide bonds. The molecule has 0 atom stereocenters. The average molecular weight is 201 g/mol. The molecule has 0 rings (SSSR count). The van der Waals surface area contributed by atoms with Crippen molar-refractivity contribution in [3.8, 4) is 0 Å². The normalized spacial score (nSPS) is 14.8. The first-order valence-corrected chi connectivity index (χ1v) is 3.45. The number of halogens is 4. The molecule has 0 heterocycles. The van der Waals surface area contributed by atoms with Crippen LogP contribution in [0, 0.1) is 0 Å². The van der Waals surface area contributed by atoms with Gasteiger partial charge >= 0.3 is 6.18 Å². The topological polar surface area (TPSA) is 24.4 Å². The van der Waals surface area contributed by atoms with E-state index in [1.807, 2.05) is 0 Å². The van der Waals surface area contributed by atoms with E-state index >= 15 is 0 Å². The summed E-state index contributed by atoms with van der Waals surface area (Å²) in [6.45, 7) is 1.24. The molecule has 0 aliphatic rings. The van der Waals surface area contributed by atoms with Gasteiger partial charge in [0, 0.05) is 7.05 Å². The number of hydrogen-bond acceptors (Lipinski definition) is 1. The Morgan fingerprint density at radius 2 is 2.00 bits per heavy atom. The minimum Gasteiger partial charge on any atom is -0.363 e. The summed E-state index contributed by atoms with van der Waals surface area (Å²) in [5.41, 5.74) is -1.01. The number of aliphatic imine (C=N–C) groups is 1. The first kappa shape index (κ1) is 11.3. The van der Waals surface area contributed by atoms with E-state index in [0.29, 0.717) is 0 Å². The Kier molecular flexibility index (Phi) is 4.09. The predicted molar refractivity (Wildman–Crippen MR) is 42.2 cm³/mol. The van der Waals surface area contributed by atoms with Crippen LogP contribution in [0.3, 0.4) is 0 Å². The van der Waals surface area contributed by atoms with Crippen LogP contribution in [-0.4, -0.2) is 18.5 Å². The molecule has 0 spiro atoms. The van der Waals surface area contributed by atoms with Crippen molar-refractivity contribution < 1.29 is 13.2 Å². The molecular weight excluding hydrogens is 193 g/mol. The zero-order valence-corrected chi connectivity index (χ0v) is 7.29. The van der Waals surface area contributed by atoms with Crippen molar-refractivity contribution in [3.63, 3.8) is 0 Å². The maximum absolute atomic E-state index is 12.0. The summed E-state index contributed by atoms with van der Waals surface area (Å²) in [5, 5.41) is 1.99. The Morgan fingerprint density at radius 1 is 1.50 bits per heavy atom. The predicted octanol–water partition coefficient (Wildman–Crippen LogP) is 2.27. The highest BCUT2D eigenvalue weighted by Gasteiger charge is 2.33. The SMILES string of the molecule is C/C=C(\N=C(\Cl)NC)C(F)(F)F. The van der Waals surface area contributed by atoms with Crippen molar-refractivity contribution >= 4 is 16.9 Å². The fourth-order valence-corrected chi connectivity index (χ4v) is 0.544. The van der Waals surface area contributed by atoms with Gasteiger partial charge in [0.1, 0.15) is 5.70 Å². The lowest BCUT2D eigenvalue weighted by Crippen LogP contribution is -2.16. The van der Waals surface area contributed by atoms with Crippen molar-refractivity contribution in [3.05, 3.63) is 11.8 Å². The van der Waals surface area contributed by atoms with Crippen molar-refractivity contribution in [1.29, 1.82) is 0 Å². The Bertz CT molecular complexity index is 207. The monoisotopic (exact) mass is 200 g/mol. The Morgan fingerprint density at radius 3 is 2.25 bits per heavy atom. The van der Waals surface area contributed by atoms with Gasteiger partial charge in [-0.3, -0.25) is 0 Å². The number of hydrogen-bond donors (Lipinski definition) is 1. The zero-order valence-electron chi connectivity index (χ0n) is 6.54. The van der Waals surface area contributed by atoms with Gasteiger partial charge in [0.2, 0.25) is 0 Å². The largest absolute Gasteiger partial charge is 0.433 e. The average Bonchev–Trinajstić information content (AvgIpc) is 1.97. The summed E-state index contributed by atoms with van der Waals surface area (Å²) in [6.07, 6.45) is -3.61. The maximum Gasteiger partial charge on any atom is 0.433 e. The zero-order chi connectivity index (χ0) is 9.78. The van der Waals surface area contributed by atoms with E-state index in [0.717, 1.165) is 6.08 Å². The van der Waals surface area contributed by atoms with E-state index in [1.54, 1.807) is 0 Å². The highest BCUT2D eigenvalue weighted by molar-refractivity contribution is 6.64. The Balaban J connectivity index is 4.63. The molecule has 0 aromatic rings. The molecule has 0 radical (unpaired) electrons. The molecule has 1 N–H and O–H groups in total. The van der Waals surface area contributed by atoms with Gasteiger partial charge in [-0.1, -0.05) is 6.08 Å². The van der Waals surface area contributed by atoms with Crippen LogP contribution >= 0.6 is 11.6 Å². The number of allylic oxidation sites excluding steroid dienone is 2. The summed E-state index contributed by atoms with van der Waals surface area (Å²) in [7, 11) is 1.38. The number of rotatable bonds is 1. The van der Waals surface area contributed by atoms with Crippen molar-refractivity contribution in [2.45, 2.75) is 13.1 Å². The van der Waals surface area contributed by atoms with Crippen molar-refractivity contribution in [1.82, 2.24) is 5.32 Å². The van der Waals surface area contributed by atoms with Gasteiger partial charge in [0.05, 0.1) is 0 Å². The van der Waals surface area contributed by atoms with Crippen LogP contribution in [0.25, 0.3) is 0 Å². The third kappa shape index (κ3) is 3.61. The first-order chi connectivity index (χ1) is 5.41. The molecule has 70 valence electrons.